The van der Waals surface area contributed by atoms with Gasteiger partial charge in [-0.3, -0.25) is 19.1 Å². The van der Waals surface area contributed by atoms with Crippen molar-refractivity contribution in [3.05, 3.63) is 32.6 Å². The Kier molecular flexibility index (Phi) is 4.82. The second-order valence-corrected chi connectivity index (χ2v) is 5.66. The molecule has 1 aliphatic heterocycles. The maximum Gasteiger partial charge on any atom is 0.330 e. The van der Waals surface area contributed by atoms with E-state index in [0.717, 1.165) is 0 Å². The Hall–Kier alpha value is -1.93. The molecule has 0 aromatic carbocycles. The minimum Gasteiger partial charge on any atom is -0.459 e. The molecule has 0 radical (unpaired) electrons. The fourth-order valence-electron chi connectivity index (χ4n) is 2.24. The summed E-state index contributed by atoms with van der Waals surface area (Å²) in [7, 11) is 0. The molecule has 0 amide bonds. The van der Waals surface area contributed by atoms with Gasteiger partial charge in [0.1, 0.15) is 18.4 Å². The predicted molar refractivity (Wildman–Crippen MR) is 76.4 cm³/mol. The molecule has 2 heterocycles. The first-order valence-electron chi connectivity index (χ1n) is 7.12. The van der Waals surface area contributed by atoms with Crippen LogP contribution in [0.25, 0.3) is 0 Å². The van der Waals surface area contributed by atoms with Crippen molar-refractivity contribution in [1.29, 1.82) is 0 Å². The van der Waals surface area contributed by atoms with E-state index >= 15 is 0 Å². The molecule has 22 heavy (non-hydrogen) atoms. The third-order valence-electron chi connectivity index (χ3n) is 3.56. The normalized spacial score (nSPS) is 24.7. The summed E-state index contributed by atoms with van der Waals surface area (Å²) >= 11 is 0. The number of carbonyl (C=O) groups is 1. The largest absolute Gasteiger partial charge is 0.459 e. The average Bonchev–Trinajstić information content (AvgIpc) is 2.85. The van der Waals surface area contributed by atoms with Gasteiger partial charge in [0.15, 0.2) is 0 Å². The second kappa shape index (κ2) is 6.45. The van der Waals surface area contributed by atoms with Crippen molar-refractivity contribution in [3.8, 4) is 0 Å². The van der Waals surface area contributed by atoms with Gasteiger partial charge in [-0.25, -0.2) is 4.79 Å². The fourth-order valence-corrected chi connectivity index (χ4v) is 2.24. The van der Waals surface area contributed by atoms with Crippen LogP contribution in [-0.4, -0.2) is 39.4 Å². The Morgan fingerprint density at radius 3 is 2.82 bits per heavy atom. The molecule has 3 atom stereocenters. The molecule has 0 aliphatic carbocycles. The summed E-state index contributed by atoms with van der Waals surface area (Å²) in [5, 5.41) is 9.36. The van der Waals surface area contributed by atoms with Crippen LogP contribution in [0.2, 0.25) is 0 Å². The third kappa shape index (κ3) is 3.28. The highest BCUT2D eigenvalue weighted by atomic mass is 16.6. The number of aromatic amines is 1. The minimum atomic E-state index is -0.704. The Labute approximate surface area is 126 Å². The highest BCUT2D eigenvalue weighted by Crippen LogP contribution is 2.30. The molecule has 8 nitrogen and oxygen atoms in total. The van der Waals surface area contributed by atoms with Crippen molar-refractivity contribution in [3.63, 3.8) is 0 Å². The molecule has 0 saturated carbocycles. The van der Waals surface area contributed by atoms with Gasteiger partial charge in [0.05, 0.1) is 12.5 Å². The van der Waals surface area contributed by atoms with Gasteiger partial charge in [0.25, 0.3) is 5.56 Å². The summed E-state index contributed by atoms with van der Waals surface area (Å²) in [6.45, 7) is 4.66. The smallest absolute Gasteiger partial charge is 0.330 e. The van der Waals surface area contributed by atoms with Crippen molar-refractivity contribution in [2.75, 3.05) is 6.61 Å². The molecule has 0 bridgehead atoms. The number of nitrogens with zero attached hydrogens (tertiary/aromatic N) is 1. The highest BCUT2D eigenvalue weighted by Gasteiger charge is 2.39. The lowest BCUT2D eigenvalue weighted by atomic mass is 10.1. The highest BCUT2D eigenvalue weighted by molar-refractivity contribution is 5.71. The second-order valence-electron chi connectivity index (χ2n) is 5.66. The first-order valence-corrected chi connectivity index (χ1v) is 7.12. The van der Waals surface area contributed by atoms with Crippen molar-refractivity contribution < 1.29 is 19.4 Å². The maximum atomic E-state index is 11.9. The topological polar surface area (TPSA) is 111 Å². The Bertz CT molecular complexity index is 662. The summed E-state index contributed by atoms with van der Waals surface area (Å²) in [5.41, 5.74) is -0.694. The number of hydrogen-bond acceptors (Lipinski definition) is 6. The van der Waals surface area contributed by atoms with E-state index < -0.39 is 35.7 Å². The standard InChI is InChI=1S/C14H20N2O6/c1-7(2)13(19)22-9-4-11(21-10(9)6-17)16-5-8(3)12(18)15-14(16)20/h5,7,9-11,17H,4,6H2,1-3H3,(H,15,18,20)/t9-,10-,11+/m1/s1. The van der Waals surface area contributed by atoms with Crippen LogP contribution in [0.15, 0.2) is 15.8 Å². The van der Waals surface area contributed by atoms with E-state index in [1.165, 1.54) is 10.8 Å². The molecule has 1 aliphatic rings. The van der Waals surface area contributed by atoms with Crippen LogP contribution in [-0.2, 0) is 14.3 Å². The molecule has 0 spiro atoms. The number of H-pyrrole nitrogens is 1. The molecular formula is C14H20N2O6. The summed E-state index contributed by atoms with van der Waals surface area (Å²) in [5.74, 6) is -0.686. The van der Waals surface area contributed by atoms with Crippen LogP contribution in [0.4, 0.5) is 0 Å². The maximum absolute atomic E-state index is 11.9. The van der Waals surface area contributed by atoms with Crippen LogP contribution in [0.3, 0.4) is 0 Å². The van der Waals surface area contributed by atoms with Gasteiger partial charge >= 0.3 is 11.7 Å². The van der Waals surface area contributed by atoms with E-state index in [2.05, 4.69) is 4.98 Å². The van der Waals surface area contributed by atoms with Crippen LogP contribution in [0.5, 0.6) is 0 Å². The predicted octanol–water partition coefficient (Wildman–Crippen LogP) is -0.307. The van der Waals surface area contributed by atoms with E-state index in [1.807, 2.05) is 0 Å². The van der Waals surface area contributed by atoms with Crippen molar-refractivity contribution in [2.24, 2.45) is 5.92 Å². The SMILES string of the molecule is Cc1cn([C@@H]2C[C@@H](OC(=O)C(C)C)[C@@H](CO)O2)c(=O)[nH]c1=O. The molecule has 2 N–H and O–H groups in total. The molecule has 1 fully saturated rings. The summed E-state index contributed by atoms with van der Waals surface area (Å²) in [6.07, 6.45) is -0.414. The third-order valence-corrected chi connectivity index (χ3v) is 3.56. The van der Waals surface area contributed by atoms with Gasteiger partial charge in [0, 0.05) is 18.2 Å². The van der Waals surface area contributed by atoms with E-state index in [0.29, 0.717) is 5.56 Å². The van der Waals surface area contributed by atoms with E-state index in [-0.39, 0.29) is 18.9 Å². The van der Waals surface area contributed by atoms with Crippen molar-refractivity contribution in [2.45, 2.75) is 45.6 Å². The van der Waals surface area contributed by atoms with Crippen LogP contribution < -0.4 is 11.2 Å². The molecule has 2 rings (SSSR count). The van der Waals surface area contributed by atoms with Crippen molar-refractivity contribution in [1.82, 2.24) is 9.55 Å². The number of aliphatic hydroxyl groups excluding tert-OH is 1. The van der Waals surface area contributed by atoms with Gasteiger partial charge in [-0.2, -0.15) is 0 Å². The number of aromatic nitrogens is 2. The number of ether oxygens (including phenoxy) is 2. The summed E-state index contributed by atoms with van der Waals surface area (Å²) in [6, 6.07) is 0. The lowest BCUT2D eigenvalue weighted by molar-refractivity contribution is -0.156. The lowest BCUT2D eigenvalue weighted by Crippen LogP contribution is -2.33. The fraction of sp³-hybridized carbons (Fsp3) is 0.643. The molecule has 1 aromatic heterocycles. The molecule has 122 valence electrons. The first-order chi connectivity index (χ1) is 10.3. The molecule has 1 aromatic rings. The number of nitrogens with one attached hydrogen (secondary N) is 1. The van der Waals surface area contributed by atoms with Crippen molar-refractivity contribution >= 4 is 5.97 Å². The average molecular weight is 312 g/mol. The van der Waals surface area contributed by atoms with Crippen LogP contribution in [0, 0.1) is 12.8 Å². The Morgan fingerprint density at radius 1 is 1.55 bits per heavy atom. The summed E-state index contributed by atoms with van der Waals surface area (Å²) in [4.78, 5) is 37.1. The Morgan fingerprint density at radius 2 is 2.23 bits per heavy atom. The number of carbonyl (C=O) groups excluding carboxylic acids is 1. The zero-order valence-corrected chi connectivity index (χ0v) is 12.7. The monoisotopic (exact) mass is 312 g/mol. The van der Waals surface area contributed by atoms with Gasteiger partial charge in [-0.1, -0.05) is 13.8 Å². The lowest BCUT2D eigenvalue weighted by Gasteiger charge is -2.17. The van der Waals surface area contributed by atoms with Gasteiger partial charge in [0.2, 0.25) is 0 Å². The van der Waals surface area contributed by atoms with Gasteiger partial charge in [-0.15, -0.1) is 0 Å². The Balaban J connectivity index is 2.22. The van der Waals surface area contributed by atoms with E-state index in [9.17, 15) is 19.5 Å². The quantitative estimate of drug-likeness (QED) is 0.738. The first kappa shape index (κ1) is 16.4. The van der Waals surface area contributed by atoms with E-state index in [4.69, 9.17) is 9.47 Å². The van der Waals surface area contributed by atoms with Crippen LogP contribution in [0.1, 0.15) is 32.1 Å². The van der Waals surface area contributed by atoms with Gasteiger partial charge < -0.3 is 14.6 Å². The van der Waals surface area contributed by atoms with Crippen LogP contribution >= 0.6 is 0 Å². The minimum absolute atomic E-state index is 0.231. The zero-order chi connectivity index (χ0) is 16.4. The number of aryl methyl sites for hydroxylation is 1. The molecule has 8 heteroatoms. The number of esters is 1. The number of hydrogen-bond donors (Lipinski definition) is 2. The summed E-state index contributed by atoms with van der Waals surface area (Å²) < 4.78 is 12.1. The van der Waals surface area contributed by atoms with Gasteiger partial charge in [-0.05, 0) is 6.92 Å². The number of aliphatic hydroxyl groups is 1. The zero-order valence-electron chi connectivity index (χ0n) is 12.7. The molecule has 1 saturated heterocycles. The van der Waals surface area contributed by atoms with E-state index in [1.54, 1.807) is 20.8 Å². The molecular weight excluding hydrogens is 292 g/mol. The number of rotatable bonds is 4. The molecule has 0 unspecified atom stereocenters.